The van der Waals surface area contributed by atoms with Gasteiger partial charge >= 0.3 is 0 Å². The Balaban J connectivity index is 2.71. The third-order valence-electron chi connectivity index (χ3n) is 2.02. The van der Waals surface area contributed by atoms with Crippen molar-refractivity contribution in [1.29, 1.82) is 0 Å². The summed E-state index contributed by atoms with van der Waals surface area (Å²) in [6, 6.07) is 5.74. The van der Waals surface area contributed by atoms with Crippen LogP contribution in [0.3, 0.4) is 0 Å². The quantitative estimate of drug-likeness (QED) is 0.831. The van der Waals surface area contributed by atoms with Gasteiger partial charge in [-0.3, -0.25) is 0 Å². The third kappa shape index (κ3) is 1.49. The summed E-state index contributed by atoms with van der Waals surface area (Å²) in [7, 11) is 0. The zero-order valence-electron chi connectivity index (χ0n) is 7.12. The molecule has 0 bridgehead atoms. The second kappa shape index (κ2) is 3.16. The molecule has 68 valence electrons. The summed E-state index contributed by atoms with van der Waals surface area (Å²) in [6.07, 6.45) is 1.11. The number of furan rings is 1. The van der Waals surface area contributed by atoms with Gasteiger partial charge in [-0.2, -0.15) is 0 Å². The molecule has 0 radical (unpaired) electrons. The Labute approximate surface area is 84.3 Å². The zero-order valence-corrected chi connectivity index (χ0v) is 8.71. The van der Waals surface area contributed by atoms with Gasteiger partial charge in [0.15, 0.2) is 0 Å². The Kier molecular flexibility index (Phi) is 2.14. The van der Waals surface area contributed by atoms with E-state index < -0.39 is 6.10 Å². The lowest BCUT2D eigenvalue weighted by atomic mass is 10.1. The van der Waals surface area contributed by atoms with Crippen molar-refractivity contribution in [1.82, 2.24) is 0 Å². The highest BCUT2D eigenvalue weighted by atomic mass is 79.9. The van der Waals surface area contributed by atoms with Crippen LogP contribution < -0.4 is 0 Å². The molecule has 0 aliphatic rings. The van der Waals surface area contributed by atoms with Crippen LogP contribution in [-0.2, 0) is 0 Å². The van der Waals surface area contributed by atoms with Crippen LogP contribution in [0.25, 0.3) is 11.0 Å². The molecule has 1 atom stereocenters. The van der Waals surface area contributed by atoms with Crippen molar-refractivity contribution >= 4 is 26.9 Å². The van der Waals surface area contributed by atoms with E-state index in [9.17, 15) is 5.11 Å². The summed E-state index contributed by atoms with van der Waals surface area (Å²) >= 11 is 3.38. The Hall–Kier alpha value is -0.800. The average Bonchev–Trinajstić information content (AvgIpc) is 2.46. The van der Waals surface area contributed by atoms with E-state index in [1.807, 2.05) is 18.2 Å². The van der Waals surface area contributed by atoms with Gasteiger partial charge in [0.25, 0.3) is 0 Å². The van der Waals surface area contributed by atoms with Crippen molar-refractivity contribution in [3.63, 3.8) is 0 Å². The molecular weight excluding hydrogens is 232 g/mol. The smallest absolute Gasteiger partial charge is 0.134 e. The third-order valence-corrected chi connectivity index (χ3v) is 2.51. The van der Waals surface area contributed by atoms with Crippen LogP contribution in [-0.4, -0.2) is 5.11 Å². The van der Waals surface area contributed by atoms with Gasteiger partial charge in [0.2, 0.25) is 0 Å². The summed E-state index contributed by atoms with van der Waals surface area (Å²) in [6.45, 7) is 1.73. The molecule has 1 N–H and O–H groups in total. The van der Waals surface area contributed by atoms with Crippen molar-refractivity contribution in [3.8, 4) is 0 Å². The Morgan fingerprint density at radius 3 is 2.92 bits per heavy atom. The molecule has 0 saturated heterocycles. The predicted octanol–water partition coefficient (Wildman–Crippen LogP) is 3.25. The van der Waals surface area contributed by atoms with Crippen LogP contribution >= 0.6 is 15.9 Å². The van der Waals surface area contributed by atoms with Crippen molar-refractivity contribution in [2.45, 2.75) is 13.0 Å². The van der Waals surface area contributed by atoms with Crippen molar-refractivity contribution in [3.05, 3.63) is 34.5 Å². The lowest BCUT2D eigenvalue weighted by Crippen LogP contribution is -1.87. The van der Waals surface area contributed by atoms with Gasteiger partial charge in [0.1, 0.15) is 5.58 Å². The molecule has 3 heteroatoms. The van der Waals surface area contributed by atoms with Gasteiger partial charge in [0, 0.05) is 15.4 Å². The van der Waals surface area contributed by atoms with Crippen LogP contribution in [0.5, 0.6) is 0 Å². The van der Waals surface area contributed by atoms with E-state index in [-0.39, 0.29) is 0 Å². The van der Waals surface area contributed by atoms with Crippen LogP contribution in [0.15, 0.2) is 33.4 Å². The second-order valence-corrected chi connectivity index (χ2v) is 3.92. The number of fused-ring (bicyclic) bond motifs is 1. The Morgan fingerprint density at radius 1 is 1.46 bits per heavy atom. The number of halogens is 1. The number of rotatable bonds is 1. The first kappa shape index (κ1) is 8.78. The molecular formula is C10H9BrO2. The molecule has 0 amide bonds. The number of hydrogen-bond donors (Lipinski definition) is 1. The van der Waals surface area contributed by atoms with Gasteiger partial charge in [-0.15, -0.1) is 0 Å². The van der Waals surface area contributed by atoms with Crippen LogP contribution in [0.2, 0.25) is 0 Å². The number of aliphatic hydroxyl groups excluding tert-OH is 1. The summed E-state index contributed by atoms with van der Waals surface area (Å²) < 4.78 is 6.27. The molecule has 0 aliphatic carbocycles. The minimum absolute atomic E-state index is 0.490. The highest BCUT2D eigenvalue weighted by Gasteiger charge is 2.09. The van der Waals surface area contributed by atoms with E-state index in [2.05, 4.69) is 15.9 Å². The predicted molar refractivity (Wildman–Crippen MR) is 54.5 cm³/mol. The summed E-state index contributed by atoms with van der Waals surface area (Å²) in [5, 5.41) is 10.4. The lowest BCUT2D eigenvalue weighted by Gasteiger charge is -1.99. The minimum atomic E-state index is -0.490. The fourth-order valence-corrected chi connectivity index (χ4v) is 1.71. The first-order valence-corrected chi connectivity index (χ1v) is 4.82. The molecule has 0 saturated carbocycles. The molecule has 13 heavy (non-hydrogen) atoms. The van der Waals surface area contributed by atoms with E-state index in [1.165, 1.54) is 0 Å². The molecule has 1 aromatic heterocycles. The highest BCUT2D eigenvalue weighted by Crippen LogP contribution is 2.28. The Morgan fingerprint density at radius 2 is 2.23 bits per heavy atom. The fraction of sp³-hybridized carbons (Fsp3) is 0.200. The largest absolute Gasteiger partial charge is 0.464 e. The molecule has 2 nitrogen and oxygen atoms in total. The van der Waals surface area contributed by atoms with Gasteiger partial charge in [-0.25, -0.2) is 0 Å². The number of aliphatic hydroxyl groups is 1. The number of hydrogen-bond acceptors (Lipinski definition) is 2. The number of benzene rings is 1. The Bertz CT molecular complexity index is 431. The lowest BCUT2D eigenvalue weighted by molar-refractivity contribution is 0.199. The van der Waals surface area contributed by atoms with Crippen LogP contribution in [0.4, 0.5) is 0 Å². The standard InChI is InChI=1S/C10H9BrO2/c1-6(12)9-5-13-10-3-2-7(11)4-8(9)10/h2-6,12H,1H3. The highest BCUT2D eigenvalue weighted by molar-refractivity contribution is 9.10. The molecule has 1 heterocycles. The van der Waals surface area contributed by atoms with Crippen molar-refractivity contribution in [2.24, 2.45) is 0 Å². The van der Waals surface area contributed by atoms with E-state index in [4.69, 9.17) is 4.42 Å². The summed E-state index contributed by atoms with van der Waals surface area (Å²) in [5.74, 6) is 0. The van der Waals surface area contributed by atoms with Gasteiger partial charge in [-0.05, 0) is 25.1 Å². The van der Waals surface area contributed by atoms with Crippen LogP contribution in [0, 0.1) is 0 Å². The molecule has 1 aromatic carbocycles. The van der Waals surface area contributed by atoms with Crippen molar-refractivity contribution in [2.75, 3.05) is 0 Å². The molecule has 0 fully saturated rings. The van der Waals surface area contributed by atoms with E-state index in [0.29, 0.717) is 0 Å². The molecule has 0 spiro atoms. The maximum absolute atomic E-state index is 9.43. The topological polar surface area (TPSA) is 33.4 Å². The summed E-state index contributed by atoms with van der Waals surface area (Å²) in [5.41, 5.74) is 1.63. The SMILES string of the molecule is CC(O)c1coc2ccc(Br)cc12. The van der Waals surface area contributed by atoms with Crippen molar-refractivity contribution < 1.29 is 9.52 Å². The second-order valence-electron chi connectivity index (χ2n) is 3.01. The molecule has 1 unspecified atom stereocenters. The van der Waals surface area contributed by atoms with E-state index in [0.717, 1.165) is 21.0 Å². The fourth-order valence-electron chi connectivity index (χ4n) is 1.34. The first-order valence-electron chi connectivity index (χ1n) is 4.03. The average molecular weight is 241 g/mol. The minimum Gasteiger partial charge on any atom is -0.464 e. The molecule has 0 aliphatic heterocycles. The van der Waals surface area contributed by atoms with Crippen LogP contribution in [0.1, 0.15) is 18.6 Å². The first-order chi connectivity index (χ1) is 6.18. The normalized spacial score (nSPS) is 13.5. The van der Waals surface area contributed by atoms with E-state index in [1.54, 1.807) is 13.2 Å². The maximum Gasteiger partial charge on any atom is 0.134 e. The monoisotopic (exact) mass is 240 g/mol. The summed E-state index contributed by atoms with van der Waals surface area (Å²) in [4.78, 5) is 0. The van der Waals surface area contributed by atoms with Gasteiger partial charge in [-0.1, -0.05) is 15.9 Å². The molecule has 2 aromatic rings. The maximum atomic E-state index is 9.43. The zero-order chi connectivity index (χ0) is 9.42. The van der Waals surface area contributed by atoms with Gasteiger partial charge in [0.05, 0.1) is 12.4 Å². The van der Waals surface area contributed by atoms with Gasteiger partial charge < -0.3 is 9.52 Å². The van der Waals surface area contributed by atoms with E-state index >= 15 is 0 Å². The molecule has 2 rings (SSSR count).